The highest BCUT2D eigenvalue weighted by atomic mass is 19.2. The van der Waals surface area contributed by atoms with Gasteiger partial charge in [-0.2, -0.15) is 0 Å². The average molecular weight is 486 g/mol. The van der Waals surface area contributed by atoms with Crippen LogP contribution in [0, 0.1) is 46.5 Å². The van der Waals surface area contributed by atoms with Gasteiger partial charge in [0.05, 0.1) is 37.6 Å². The molecule has 2 heterocycles. The second kappa shape index (κ2) is 9.50. The van der Waals surface area contributed by atoms with Gasteiger partial charge < -0.3 is 23.7 Å². The first-order valence-corrected chi connectivity index (χ1v) is 9.43. The minimum atomic E-state index is -1.67. The zero-order valence-electron chi connectivity index (χ0n) is 16.4. The van der Waals surface area contributed by atoms with Crippen molar-refractivity contribution in [3.63, 3.8) is 0 Å². The van der Waals surface area contributed by atoms with Crippen LogP contribution in [0.3, 0.4) is 0 Å². The van der Waals surface area contributed by atoms with Gasteiger partial charge in [-0.05, 0) is 0 Å². The molecule has 0 spiro atoms. The SMILES string of the molecule is Fc1cc(F)c(F)c(COC(OC(OCc2c(F)c(F)cc(F)c2F)C2CO2)C2CO2)c1F. The van der Waals surface area contributed by atoms with E-state index >= 15 is 0 Å². The number of benzene rings is 2. The monoisotopic (exact) mass is 486 g/mol. The van der Waals surface area contributed by atoms with Crippen LogP contribution >= 0.6 is 0 Å². The van der Waals surface area contributed by atoms with E-state index in [1.54, 1.807) is 0 Å². The number of hydrogen-bond acceptors (Lipinski definition) is 5. The maximum absolute atomic E-state index is 13.8. The van der Waals surface area contributed by atoms with Gasteiger partial charge in [-0.15, -0.1) is 0 Å². The Morgan fingerprint density at radius 3 is 1.21 bits per heavy atom. The molecule has 0 aliphatic carbocycles. The molecule has 2 aliphatic rings. The van der Waals surface area contributed by atoms with E-state index in [9.17, 15) is 35.1 Å². The average Bonchev–Trinajstić information content (AvgIpc) is 3.67. The second-order valence-electron chi connectivity index (χ2n) is 7.13. The van der Waals surface area contributed by atoms with E-state index in [1.807, 2.05) is 0 Å². The Labute approximate surface area is 180 Å². The molecule has 4 unspecified atom stereocenters. The highest BCUT2D eigenvalue weighted by Gasteiger charge is 2.42. The largest absolute Gasteiger partial charge is 0.368 e. The summed E-state index contributed by atoms with van der Waals surface area (Å²) in [5.41, 5.74) is -2.08. The molecule has 0 saturated carbocycles. The van der Waals surface area contributed by atoms with Gasteiger partial charge in [-0.1, -0.05) is 0 Å². The van der Waals surface area contributed by atoms with Crippen LogP contribution in [0.15, 0.2) is 12.1 Å². The Morgan fingerprint density at radius 1 is 0.636 bits per heavy atom. The van der Waals surface area contributed by atoms with Gasteiger partial charge in [0.2, 0.25) is 0 Å². The van der Waals surface area contributed by atoms with E-state index < -0.39 is 95.7 Å². The van der Waals surface area contributed by atoms with Crippen LogP contribution in [0.5, 0.6) is 0 Å². The zero-order chi connectivity index (χ0) is 23.9. The van der Waals surface area contributed by atoms with E-state index in [2.05, 4.69) is 0 Å². The lowest BCUT2D eigenvalue weighted by atomic mass is 10.2. The fourth-order valence-electron chi connectivity index (χ4n) is 2.86. The first kappa shape index (κ1) is 23.8. The van der Waals surface area contributed by atoms with Crippen LogP contribution < -0.4 is 0 Å². The van der Waals surface area contributed by atoms with Crippen LogP contribution in [-0.4, -0.2) is 38.0 Å². The van der Waals surface area contributed by atoms with E-state index in [0.717, 1.165) is 0 Å². The Hall–Kier alpha value is -2.32. The fraction of sp³-hybridized carbons (Fsp3) is 0.400. The van der Waals surface area contributed by atoms with Crippen molar-refractivity contribution in [3.8, 4) is 0 Å². The molecule has 2 saturated heterocycles. The highest BCUT2D eigenvalue weighted by Crippen LogP contribution is 2.29. The summed E-state index contributed by atoms with van der Waals surface area (Å²) in [5, 5.41) is 0. The molecular formula is C20H14F8O5. The summed E-state index contributed by atoms with van der Waals surface area (Å²) in [6.07, 6.45) is -4.33. The maximum atomic E-state index is 13.8. The molecule has 0 radical (unpaired) electrons. The van der Waals surface area contributed by atoms with Gasteiger partial charge in [-0.3, -0.25) is 0 Å². The standard InChI is InChI=1S/C20H14F8O5/c21-9-1-10(22)16(26)7(15(9)25)3-31-19(13-5-29-13)33-20(14-6-30-14)32-4-8-17(27)11(23)2-12(24)18(8)28/h1-2,13-14,19-20H,3-6H2. The Bertz CT molecular complexity index is 910. The predicted octanol–water partition coefficient (Wildman–Crippen LogP) is 4.00. The van der Waals surface area contributed by atoms with Gasteiger partial charge in [0.1, 0.15) is 12.2 Å². The molecule has 0 N–H and O–H groups in total. The first-order chi connectivity index (χ1) is 15.7. The van der Waals surface area contributed by atoms with Crippen LogP contribution in [0.1, 0.15) is 11.1 Å². The van der Waals surface area contributed by atoms with Crippen molar-refractivity contribution in [1.82, 2.24) is 0 Å². The molecule has 13 heteroatoms. The highest BCUT2D eigenvalue weighted by molar-refractivity contribution is 5.22. The van der Waals surface area contributed by atoms with Gasteiger partial charge in [0.15, 0.2) is 59.1 Å². The maximum Gasteiger partial charge on any atom is 0.189 e. The number of epoxide rings is 2. The summed E-state index contributed by atoms with van der Waals surface area (Å²) in [6, 6.07) is 0.0714. The Kier molecular flexibility index (Phi) is 6.86. The molecular weight excluding hydrogens is 472 g/mol. The molecule has 2 fully saturated rings. The van der Waals surface area contributed by atoms with E-state index in [0.29, 0.717) is 0 Å². The lowest BCUT2D eigenvalue weighted by Gasteiger charge is -2.23. The lowest BCUT2D eigenvalue weighted by Crippen LogP contribution is -2.34. The van der Waals surface area contributed by atoms with Gasteiger partial charge >= 0.3 is 0 Å². The second-order valence-corrected chi connectivity index (χ2v) is 7.13. The molecule has 2 aromatic rings. The molecule has 33 heavy (non-hydrogen) atoms. The van der Waals surface area contributed by atoms with Crippen molar-refractivity contribution in [2.45, 2.75) is 38.0 Å². The summed E-state index contributed by atoms with van der Waals surface area (Å²) in [5.74, 6) is -13.2. The van der Waals surface area contributed by atoms with Gasteiger partial charge in [-0.25, -0.2) is 35.1 Å². The summed E-state index contributed by atoms with van der Waals surface area (Å²) in [6.45, 7) is -1.76. The third-order valence-corrected chi connectivity index (χ3v) is 4.78. The smallest absolute Gasteiger partial charge is 0.189 e. The van der Waals surface area contributed by atoms with Crippen molar-refractivity contribution in [2.24, 2.45) is 0 Å². The molecule has 0 amide bonds. The van der Waals surface area contributed by atoms with Crippen LogP contribution in [0.4, 0.5) is 35.1 Å². The number of hydrogen-bond donors (Lipinski definition) is 0. The Morgan fingerprint density at radius 2 is 0.939 bits per heavy atom. The Balaban J connectivity index is 1.45. The molecule has 0 bridgehead atoms. The third kappa shape index (κ3) is 5.27. The van der Waals surface area contributed by atoms with E-state index in [-0.39, 0.29) is 25.3 Å². The number of ether oxygens (including phenoxy) is 5. The number of halogens is 8. The minimum absolute atomic E-state index is 0.0357. The molecule has 4 rings (SSSR count). The molecule has 4 atom stereocenters. The zero-order valence-corrected chi connectivity index (χ0v) is 16.4. The number of rotatable bonds is 10. The summed E-state index contributed by atoms with van der Waals surface area (Å²) in [7, 11) is 0. The van der Waals surface area contributed by atoms with Crippen molar-refractivity contribution >= 4 is 0 Å². The fourth-order valence-corrected chi connectivity index (χ4v) is 2.86. The molecule has 0 aromatic heterocycles. The van der Waals surface area contributed by atoms with Crippen LogP contribution in [0.25, 0.3) is 0 Å². The van der Waals surface area contributed by atoms with Crippen LogP contribution in [-0.2, 0) is 36.9 Å². The topological polar surface area (TPSA) is 52.8 Å². The van der Waals surface area contributed by atoms with Crippen molar-refractivity contribution in [3.05, 3.63) is 69.8 Å². The molecule has 2 aliphatic heterocycles. The first-order valence-electron chi connectivity index (χ1n) is 9.43. The molecule has 5 nitrogen and oxygen atoms in total. The van der Waals surface area contributed by atoms with Crippen LogP contribution in [0.2, 0.25) is 0 Å². The van der Waals surface area contributed by atoms with E-state index in [1.165, 1.54) is 0 Å². The van der Waals surface area contributed by atoms with Crippen molar-refractivity contribution < 1.29 is 58.8 Å². The quantitative estimate of drug-likeness (QED) is 0.220. The summed E-state index contributed by atoms with van der Waals surface area (Å²) in [4.78, 5) is 0. The van der Waals surface area contributed by atoms with Gasteiger partial charge in [0, 0.05) is 12.1 Å². The van der Waals surface area contributed by atoms with Gasteiger partial charge in [0.25, 0.3) is 0 Å². The molecule has 2 aromatic carbocycles. The lowest BCUT2D eigenvalue weighted by molar-refractivity contribution is -0.263. The minimum Gasteiger partial charge on any atom is -0.368 e. The normalized spacial score (nSPS) is 21.2. The third-order valence-electron chi connectivity index (χ3n) is 4.78. The summed E-state index contributed by atoms with van der Waals surface area (Å²) >= 11 is 0. The predicted molar refractivity (Wildman–Crippen MR) is 90.3 cm³/mol. The van der Waals surface area contributed by atoms with Crippen molar-refractivity contribution in [2.75, 3.05) is 13.2 Å². The molecule has 180 valence electrons. The van der Waals surface area contributed by atoms with Crippen molar-refractivity contribution in [1.29, 1.82) is 0 Å². The summed E-state index contributed by atoms with van der Waals surface area (Å²) < 4.78 is 135. The van der Waals surface area contributed by atoms with E-state index in [4.69, 9.17) is 23.7 Å².